The van der Waals surface area contributed by atoms with Gasteiger partial charge >= 0.3 is 0 Å². The molecular formula is C17H23N3. The third-order valence-electron chi connectivity index (χ3n) is 4.31. The van der Waals surface area contributed by atoms with Crippen molar-refractivity contribution in [2.24, 2.45) is 7.05 Å². The number of aromatic nitrogens is 1. The van der Waals surface area contributed by atoms with Crippen LogP contribution in [0, 0.1) is 6.92 Å². The maximum atomic E-state index is 3.39. The van der Waals surface area contributed by atoms with Crippen LogP contribution >= 0.6 is 0 Å². The van der Waals surface area contributed by atoms with Crippen LogP contribution in [-0.2, 0) is 7.05 Å². The lowest BCUT2D eigenvalue weighted by Gasteiger charge is -2.25. The number of nitrogens with zero attached hydrogens (tertiary/aromatic N) is 2. The Labute approximate surface area is 120 Å². The summed E-state index contributed by atoms with van der Waals surface area (Å²) in [6.45, 7) is 7.77. The number of hydrogen-bond donors (Lipinski definition) is 1. The first-order valence-electron chi connectivity index (χ1n) is 7.41. The minimum atomic E-state index is 1.05. The molecule has 1 aromatic carbocycles. The van der Waals surface area contributed by atoms with E-state index >= 15 is 0 Å². The number of hydrogen-bond acceptors (Lipinski definition) is 2. The number of para-hydroxylation sites is 1. The van der Waals surface area contributed by atoms with E-state index in [9.17, 15) is 0 Å². The summed E-state index contributed by atoms with van der Waals surface area (Å²) in [7, 11) is 2.14. The molecule has 0 bridgehead atoms. The number of piperazine rings is 1. The predicted molar refractivity (Wildman–Crippen MR) is 86.0 cm³/mol. The van der Waals surface area contributed by atoms with Crippen molar-refractivity contribution < 1.29 is 0 Å². The second kappa shape index (κ2) is 5.81. The summed E-state index contributed by atoms with van der Waals surface area (Å²) >= 11 is 0. The van der Waals surface area contributed by atoms with Gasteiger partial charge in [-0.3, -0.25) is 4.90 Å². The Kier molecular flexibility index (Phi) is 3.90. The van der Waals surface area contributed by atoms with Crippen LogP contribution < -0.4 is 5.32 Å². The maximum Gasteiger partial charge on any atom is 0.0486 e. The number of nitrogens with one attached hydrogen (secondary N) is 1. The molecule has 1 aliphatic rings. The summed E-state index contributed by atoms with van der Waals surface area (Å²) in [5, 5.41) is 4.74. The smallest absolute Gasteiger partial charge is 0.0486 e. The Morgan fingerprint density at radius 3 is 2.75 bits per heavy atom. The molecule has 1 aliphatic heterocycles. The lowest BCUT2D eigenvalue weighted by Crippen LogP contribution is -2.43. The van der Waals surface area contributed by atoms with Crippen LogP contribution in [0.1, 0.15) is 11.3 Å². The van der Waals surface area contributed by atoms with E-state index in [1.807, 2.05) is 0 Å². The summed E-state index contributed by atoms with van der Waals surface area (Å²) in [4.78, 5) is 2.49. The first kappa shape index (κ1) is 13.4. The fourth-order valence-electron chi connectivity index (χ4n) is 2.97. The minimum Gasteiger partial charge on any atom is -0.347 e. The molecule has 3 nitrogen and oxygen atoms in total. The van der Waals surface area contributed by atoms with Crippen molar-refractivity contribution in [3.8, 4) is 0 Å². The van der Waals surface area contributed by atoms with Gasteiger partial charge in [-0.05, 0) is 13.0 Å². The highest BCUT2D eigenvalue weighted by molar-refractivity contribution is 5.91. The van der Waals surface area contributed by atoms with E-state index < -0.39 is 0 Å². The highest BCUT2D eigenvalue weighted by Crippen LogP contribution is 2.25. The first-order chi connectivity index (χ1) is 9.77. The van der Waals surface area contributed by atoms with Crippen LogP contribution in [0.2, 0.25) is 0 Å². The molecule has 3 rings (SSSR count). The van der Waals surface area contributed by atoms with Crippen LogP contribution in [0.5, 0.6) is 0 Å². The lowest BCUT2D eigenvalue weighted by molar-refractivity contribution is 0.265. The van der Waals surface area contributed by atoms with E-state index in [0.717, 1.165) is 32.7 Å². The zero-order valence-electron chi connectivity index (χ0n) is 12.4. The zero-order valence-corrected chi connectivity index (χ0v) is 12.4. The molecule has 1 saturated heterocycles. The standard InChI is InChI=1S/C17H23N3/c1-14-15(7-5-11-20-12-9-18-10-13-20)16-6-3-4-8-17(16)19(14)2/h3-8,18H,9-13H2,1-2H3/b7-5+. The third-order valence-corrected chi connectivity index (χ3v) is 4.31. The summed E-state index contributed by atoms with van der Waals surface area (Å²) in [5.74, 6) is 0. The largest absolute Gasteiger partial charge is 0.347 e. The minimum absolute atomic E-state index is 1.05. The Morgan fingerprint density at radius 1 is 1.20 bits per heavy atom. The van der Waals surface area contributed by atoms with Gasteiger partial charge < -0.3 is 9.88 Å². The van der Waals surface area contributed by atoms with Gasteiger partial charge in [0.1, 0.15) is 0 Å². The monoisotopic (exact) mass is 269 g/mol. The molecule has 0 unspecified atom stereocenters. The Balaban J connectivity index is 1.81. The second-order valence-electron chi connectivity index (χ2n) is 5.53. The molecule has 0 saturated carbocycles. The van der Waals surface area contributed by atoms with Gasteiger partial charge in [-0.1, -0.05) is 30.4 Å². The number of benzene rings is 1. The van der Waals surface area contributed by atoms with Gasteiger partial charge in [-0.15, -0.1) is 0 Å². The maximum absolute atomic E-state index is 3.39. The van der Waals surface area contributed by atoms with E-state index in [0.29, 0.717) is 0 Å². The van der Waals surface area contributed by atoms with Gasteiger partial charge in [0.2, 0.25) is 0 Å². The van der Waals surface area contributed by atoms with Gasteiger partial charge in [0, 0.05) is 61.9 Å². The van der Waals surface area contributed by atoms with Crippen molar-refractivity contribution in [2.45, 2.75) is 6.92 Å². The average Bonchev–Trinajstić information content (AvgIpc) is 2.74. The molecule has 106 valence electrons. The van der Waals surface area contributed by atoms with Gasteiger partial charge in [-0.2, -0.15) is 0 Å². The van der Waals surface area contributed by atoms with E-state index in [4.69, 9.17) is 0 Å². The van der Waals surface area contributed by atoms with Crippen LogP contribution in [0.25, 0.3) is 17.0 Å². The molecule has 1 N–H and O–H groups in total. The molecule has 3 heteroatoms. The van der Waals surface area contributed by atoms with Gasteiger partial charge in [0.25, 0.3) is 0 Å². The Bertz CT molecular complexity index is 618. The quantitative estimate of drug-likeness (QED) is 0.923. The summed E-state index contributed by atoms with van der Waals surface area (Å²) in [6.07, 6.45) is 4.60. The molecule has 2 aromatic rings. The molecule has 0 spiro atoms. The number of aryl methyl sites for hydroxylation is 1. The molecule has 1 aromatic heterocycles. The molecule has 20 heavy (non-hydrogen) atoms. The normalized spacial score (nSPS) is 17.3. The van der Waals surface area contributed by atoms with Crippen molar-refractivity contribution in [3.05, 3.63) is 41.6 Å². The van der Waals surface area contributed by atoms with E-state index in [1.165, 1.54) is 22.2 Å². The predicted octanol–water partition coefficient (Wildman–Crippen LogP) is 2.41. The second-order valence-corrected chi connectivity index (χ2v) is 5.53. The lowest BCUT2D eigenvalue weighted by atomic mass is 10.1. The number of rotatable bonds is 3. The molecule has 0 radical (unpaired) electrons. The highest BCUT2D eigenvalue weighted by atomic mass is 15.2. The van der Waals surface area contributed by atoms with E-state index in [-0.39, 0.29) is 0 Å². The zero-order chi connectivity index (χ0) is 13.9. The molecule has 0 aliphatic carbocycles. The SMILES string of the molecule is Cc1c(/C=C/CN2CCNCC2)c2ccccc2n1C. The Morgan fingerprint density at radius 2 is 1.95 bits per heavy atom. The van der Waals surface area contributed by atoms with Crippen LogP contribution in [0.3, 0.4) is 0 Å². The summed E-state index contributed by atoms with van der Waals surface area (Å²) in [5.41, 5.74) is 4.01. The van der Waals surface area contributed by atoms with Crippen molar-refractivity contribution in [3.63, 3.8) is 0 Å². The van der Waals surface area contributed by atoms with Crippen molar-refractivity contribution in [1.29, 1.82) is 0 Å². The summed E-state index contributed by atoms with van der Waals surface area (Å²) < 4.78 is 2.28. The molecule has 1 fully saturated rings. The van der Waals surface area contributed by atoms with E-state index in [2.05, 4.69) is 65.2 Å². The van der Waals surface area contributed by atoms with Crippen molar-refractivity contribution in [2.75, 3.05) is 32.7 Å². The highest BCUT2D eigenvalue weighted by Gasteiger charge is 2.09. The molecule has 0 amide bonds. The van der Waals surface area contributed by atoms with Crippen molar-refractivity contribution in [1.82, 2.24) is 14.8 Å². The topological polar surface area (TPSA) is 20.2 Å². The van der Waals surface area contributed by atoms with Gasteiger partial charge in [-0.25, -0.2) is 0 Å². The van der Waals surface area contributed by atoms with Crippen LogP contribution in [0.4, 0.5) is 0 Å². The average molecular weight is 269 g/mol. The fraction of sp³-hybridized carbons (Fsp3) is 0.412. The van der Waals surface area contributed by atoms with E-state index in [1.54, 1.807) is 0 Å². The van der Waals surface area contributed by atoms with Crippen molar-refractivity contribution >= 4 is 17.0 Å². The number of fused-ring (bicyclic) bond motifs is 1. The first-order valence-corrected chi connectivity index (χ1v) is 7.41. The Hall–Kier alpha value is -1.58. The van der Waals surface area contributed by atoms with Crippen LogP contribution in [-0.4, -0.2) is 42.2 Å². The molecule has 0 atom stereocenters. The van der Waals surface area contributed by atoms with Gasteiger partial charge in [0.05, 0.1) is 0 Å². The fourth-order valence-corrected chi connectivity index (χ4v) is 2.97. The van der Waals surface area contributed by atoms with Crippen LogP contribution in [0.15, 0.2) is 30.3 Å². The summed E-state index contributed by atoms with van der Waals surface area (Å²) in [6, 6.07) is 8.63. The third kappa shape index (κ3) is 2.51. The van der Waals surface area contributed by atoms with Gasteiger partial charge in [0.15, 0.2) is 0 Å². The molecular weight excluding hydrogens is 246 g/mol. The molecule has 2 heterocycles.